The molecule has 0 unspecified atom stereocenters. The van der Waals surface area contributed by atoms with Crippen molar-refractivity contribution in [3.63, 3.8) is 0 Å². The molecule has 0 atom stereocenters. The summed E-state index contributed by atoms with van der Waals surface area (Å²) in [6.07, 6.45) is -25.5. The van der Waals surface area contributed by atoms with Gasteiger partial charge in [0.15, 0.2) is 0 Å². The molecule has 0 aromatic heterocycles. The van der Waals surface area contributed by atoms with Crippen LogP contribution in [-0.4, -0.2) is 30.5 Å². The molecule has 0 saturated carbocycles. The SMILES string of the molecule is FC(F)(F)[N]([Hg][N](C(F)(F)F)C(F)(F)F)C(F)(F)F. The third-order valence-corrected chi connectivity index (χ3v) is 9.28. The third kappa shape index (κ3) is 5.89. The van der Waals surface area contributed by atoms with Crippen molar-refractivity contribution in [1.29, 1.82) is 0 Å². The zero-order chi connectivity index (χ0) is 15.9. The van der Waals surface area contributed by atoms with E-state index in [1.54, 1.807) is 0 Å². The summed E-state index contributed by atoms with van der Waals surface area (Å²) in [4.78, 5) is 0. The van der Waals surface area contributed by atoms with E-state index in [9.17, 15) is 52.7 Å². The van der Waals surface area contributed by atoms with Crippen LogP contribution in [0.2, 0.25) is 0 Å². The number of nitrogens with zero attached hydrogens (tertiary/aromatic N) is 2. The fourth-order valence-electron chi connectivity index (χ4n) is 0.750. The van der Waals surface area contributed by atoms with Crippen LogP contribution >= 0.6 is 0 Å². The maximum absolute atomic E-state index is 11.9. The average Bonchev–Trinajstić information content (AvgIpc) is 1.91. The minimum absolute atomic E-state index is 2.62. The van der Waals surface area contributed by atoms with E-state index >= 15 is 0 Å². The molecule has 0 fully saturated rings. The van der Waals surface area contributed by atoms with Crippen molar-refractivity contribution < 1.29 is 77.9 Å². The Morgan fingerprint density at radius 2 is 0.579 bits per heavy atom. The molecule has 0 heterocycles. The predicted molar refractivity (Wildman–Crippen MR) is 27.9 cm³/mol. The first-order valence-electron chi connectivity index (χ1n) is 3.79. The van der Waals surface area contributed by atoms with Crippen LogP contribution in [0.1, 0.15) is 0 Å². The van der Waals surface area contributed by atoms with E-state index in [0.717, 1.165) is 0 Å². The van der Waals surface area contributed by atoms with Gasteiger partial charge < -0.3 is 0 Å². The van der Waals surface area contributed by atoms with Crippen molar-refractivity contribution in [2.45, 2.75) is 25.2 Å². The molecule has 19 heavy (non-hydrogen) atoms. The summed E-state index contributed by atoms with van der Waals surface area (Å²) in [5.41, 5.74) is 0. The van der Waals surface area contributed by atoms with Gasteiger partial charge in [0.2, 0.25) is 0 Å². The van der Waals surface area contributed by atoms with Crippen LogP contribution in [0.15, 0.2) is 0 Å². The third-order valence-electron chi connectivity index (χ3n) is 1.51. The van der Waals surface area contributed by atoms with Crippen LogP contribution in [0.5, 0.6) is 0 Å². The Morgan fingerprint density at radius 3 is 0.684 bits per heavy atom. The van der Waals surface area contributed by atoms with Gasteiger partial charge in [-0.25, -0.2) is 0 Å². The van der Waals surface area contributed by atoms with Crippen LogP contribution in [-0.2, 0) is 25.2 Å². The van der Waals surface area contributed by atoms with Crippen molar-refractivity contribution in [3.8, 4) is 0 Å². The second-order valence-electron chi connectivity index (χ2n) is 2.87. The first-order chi connectivity index (χ1) is 7.97. The topological polar surface area (TPSA) is 6.48 Å². The summed E-state index contributed by atoms with van der Waals surface area (Å²) in [5.74, 6) is 0. The molecule has 0 rings (SSSR count). The molecule has 0 spiro atoms. The normalized spacial score (nSPS) is 15.1. The molecule has 0 radical (unpaired) electrons. The summed E-state index contributed by atoms with van der Waals surface area (Å²) in [6.45, 7) is 0. The molecule has 0 aliphatic carbocycles. The molecule has 0 amide bonds. The van der Waals surface area contributed by atoms with Gasteiger partial charge >= 0.3 is 108 Å². The van der Waals surface area contributed by atoms with Gasteiger partial charge in [0.25, 0.3) is 0 Å². The van der Waals surface area contributed by atoms with E-state index in [2.05, 4.69) is 0 Å². The monoisotopic (exact) mass is 506 g/mol. The summed E-state index contributed by atoms with van der Waals surface area (Å²) in [7, 11) is 0. The zero-order valence-electron chi connectivity index (χ0n) is 8.14. The van der Waals surface area contributed by atoms with Crippen LogP contribution in [0.25, 0.3) is 0 Å². The molecule has 0 saturated heterocycles. The Labute approximate surface area is 109 Å². The molecule has 0 aliphatic rings. The molecular formula is C4F12HgN2. The van der Waals surface area contributed by atoms with Crippen LogP contribution < -0.4 is 0 Å². The zero-order valence-corrected chi connectivity index (χ0v) is 13.6. The first-order valence-corrected chi connectivity index (χ1v) is 8.71. The molecule has 0 aromatic carbocycles. The van der Waals surface area contributed by atoms with Crippen molar-refractivity contribution in [3.05, 3.63) is 0 Å². The van der Waals surface area contributed by atoms with Gasteiger partial charge in [0.1, 0.15) is 0 Å². The number of halogens is 12. The number of hydrogen-bond acceptors (Lipinski definition) is 2. The van der Waals surface area contributed by atoms with E-state index in [1.165, 1.54) is 0 Å². The Hall–Kier alpha value is 0.0151. The van der Waals surface area contributed by atoms with Crippen molar-refractivity contribution in [1.82, 2.24) is 5.33 Å². The molecule has 0 aromatic rings. The second kappa shape index (κ2) is 5.42. The summed E-state index contributed by atoms with van der Waals surface area (Å²) in [5, 5.41) is 0. The van der Waals surface area contributed by atoms with Gasteiger partial charge in [0, 0.05) is 0 Å². The van der Waals surface area contributed by atoms with Gasteiger partial charge in [0.05, 0.1) is 0 Å². The van der Waals surface area contributed by atoms with Gasteiger partial charge in [-0.1, -0.05) is 0 Å². The maximum atomic E-state index is 11.9. The quantitative estimate of drug-likeness (QED) is 0.322. The van der Waals surface area contributed by atoms with Crippen LogP contribution in [0, 0.1) is 0 Å². The van der Waals surface area contributed by atoms with Crippen molar-refractivity contribution in [2.75, 3.05) is 0 Å². The van der Waals surface area contributed by atoms with E-state index in [1.807, 2.05) is 0 Å². The Bertz CT molecular complexity index is 239. The summed E-state index contributed by atoms with van der Waals surface area (Å²) in [6, 6.07) is 0. The van der Waals surface area contributed by atoms with Gasteiger partial charge in [-0.3, -0.25) is 0 Å². The molecule has 0 aliphatic heterocycles. The van der Waals surface area contributed by atoms with Crippen molar-refractivity contribution >= 4 is 0 Å². The number of alkyl halides is 12. The van der Waals surface area contributed by atoms with E-state index in [-0.39, 0.29) is 0 Å². The number of rotatable bonds is 2. The van der Waals surface area contributed by atoms with Crippen LogP contribution in [0.4, 0.5) is 52.7 Å². The summed E-state index contributed by atoms with van der Waals surface area (Å²) >= 11 is -5.91. The predicted octanol–water partition coefficient (Wildman–Crippen LogP) is 3.58. The molecule has 112 valence electrons. The number of hydrogen-bond donors (Lipinski definition) is 0. The first kappa shape index (κ1) is 19.0. The van der Waals surface area contributed by atoms with E-state index in [4.69, 9.17) is 0 Å². The molecule has 2 nitrogen and oxygen atoms in total. The van der Waals surface area contributed by atoms with Gasteiger partial charge in [-0.2, -0.15) is 0 Å². The fourth-order valence-corrected chi connectivity index (χ4v) is 4.34. The average molecular weight is 505 g/mol. The second-order valence-corrected chi connectivity index (χ2v) is 8.89. The summed E-state index contributed by atoms with van der Waals surface area (Å²) < 4.78 is 137. The van der Waals surface area contributed by atoms with E-state index in [0.29, 0.717) is 0 Å². The van der Waals surface area contributed by atoms with Gasteiger partial charge in [-0.05, 0) is 0 Å². The molecular weight excluding hydrogens is 505 g/mol. The standard InChI is InChI=1S/2C2F6N.Hg/c2*3-1(4,5)9-2(6,7)8;/q2*-1;+2. The molecule has 0 N–H and O–H groups in total. The Balaban J connectivity index is 5.43. The fraction of sp³-hybridized carbons (Fsp3) is 1.00. The molecule has 0 bridgehead atoms. The minimum atomic E-state index is -6.37. The molecule has 15 heteroatoms. The van der Waals surface area contributed by atoms with Gasteiger partial charge in [-0.15, -0.1) is 0 Å². The van der Waals surface area contributed by atoms with E-state index < -0.39 is 55.7 Å². The Kier molecular flexibility index (Phi) is 5.43. The van der Waals surface area contributed by atoms with Crippen LogP contribution in [0.3, 0.4) is 0 Å². The van der Waals surface area contributed by atoms with Crippen molar-refractivity contribution in [2.24, 2.45) is 0 Å². The Morgan fingerprint density at radius 1 is 0.421 bits per heavy atom.